The number of amides is 1. The quantitative estimate of drug-likeness (QED) is 0.736. The lowest BCUT2D eigenvalue weighted by atomic mass is 9.97. The SMILES string of the molecule is O=C(CC1(O)CCCC1)NC[C@H](O)Cc1ccccc1. The van der Waals surface area contributed by atoms with Crippen molar-refractivity contribution in [1.29, 1.82) is 0 Å². The summed E-state index contributed by atoms with van der Waals surface area (Å²) in [6.45, 7) is 0.226. The van der Waals surface area contributed by atoms with Crippen LogP contribution in [0.2, 0.25) is 0 Å². The summed E-state index contributed by atoms with van der Waals surface area (Å²) in [5.74, 6) is -0.179. The Morgan fingerprint density at radius 2 is 1.90 bits per heavy atom. The van der Waals surface area contributed by atoms with E-state index >= 15 is 0 Å². The predicted octanol–water partition coefficient (Wildman–Crippen LogP) is 1.40. The molecule has 0 bridgehead atoms. The molecule has 0 heterocycles. The Kier molecular flexibility index (Phi) is 5.15. The Labute approximate surface area is 119 Å². The van der Waals surface area contributed by atoms with Gasteiger partial charge < -0.3 is 15.5 Å². The second-order valence-electron chi connectivity index (χ2n) is 5.76. The van der Waals surface area contributed by atoms with E-state index in [4.69, 9.17) is 0 Å². The fourth-order valence-electron chi connectivity index (χ4n) is 2.76. The van der Waals surface area contributed by atoms with Gasteiger partial charge in [0.2, 0.25) is 5.91 Å². The lowest BCUT2D eigenvalue weighted by Gasteiger charge is -2.21. The summed E-state index contributed by atoms with van der Waals surface area (Å²) in [6, 6.07) is 9.69. The van der Waals surface area contributed by atoms with E-state index in [2.05, 4.69) is 5.32 Å². The molecule has 1 aromatic carbocycles. The van der Waals surface area contributed by atoms with Crippen LogP contribution in [0.15, 0.2) is 30.3 Å². The van der Waals surface area contributed by atoms with E-state index in [-0.39, 0.29) is 18.9 Å². The first-order chi connectivity index (χ1) is 9.57. The van der Waals surface area contributed by atoms with Crippen LogP contribution >= 0.6 is 0 Å². The number of aliphatic hydroxyl groups is 2. The van der Waals surface area contributed by atoms with Gasteiger partial charge in [-0.2, -0.15) is 0 Å². The molecule has 1 fully saturated rings. The van der Waals surface area contributed by atoms with E-state index < -0.39 is 11.7 Å². The molecule has 0 saturated heterocycles. The molecular formula is C16H23NO3. The molecular weight excluding hydrogens is 254 g/mol. The highest BCUT2D eigenvalue weighted by molar-refractivity contribution is 5.77. The van der Waals surface area contributed by atoms with E-state index in [9.17, 15) is 15.0 Å². The van der Waals surface area contributed by atoms with Crippen molar-refractivity contribution in [3.63, 3.8) is 0 Å². The number of rotatable bonds is 6. The van der Waals surface area contributed by atoms with Crippen LogP contribution in [-0.4, -0.2) is 34.4 Å². The third-order valence-corrected chi connectivity index (χ3v) is 3.87. The summed E-state index contributed by atoms with van der Waals surface area (Å²) in [5.41, 5.74) is 0.220. The van der Waals surface area contributed by atoms with E-state index in [1.807, 2.05) is 30.3 Å². The predicted molar refractivity (Wildman–Crippen MR) is 77.2 cm³/mol. The van der Waals surface area contributed by atoms with E-state index in [0.29, 0.717) is 19.3 Å². The highest BCUT2D eigenvalue weighted by Gasteiger charge is 2.33. The summed E-state index contributed by atoms with van der Waals surface area (Å²) in [5, 5.41) is 22.7. The molecule has 4 nitrogen and oxygen atoms in total. The first kappa shape index (κ1) is 15.0. The normalized spacial score (nSPS) is 18.7. The Morgan fingerprint density at radius 1 is 1.25 bits per heavy atom. The van der Waals surface area contributed by atoms with Crippen LogP contribution in [0.5, 0.6) is 0 Å². The Bertz CT molecular complexity index is 427. The molecule has 1 aromatic rings. The van der Waals surface area contributed by atoms with Crippen LogP contribution in [-0.2, 0) is 11.2 Å². The van der Waals surface area contributed by atoms with Crippen molar-refractivity contribution in [1.82, 2.24) is 5.32 Å². The second kappa shape index (κ2) is 6.86. The van der Waals surface area contributed by atoms with Crippen molar-refractivity contribution in [2.45, 2.75) is 50.2 Å². The van der Waals surface area contributed by atoms with Crippen molar-refractivity contribution in [2.75, 3.05) is 6.54 Å². The van der Waals surface area contributed by atoms with Crippen LogP contribution in [0.25, 0.3) is 0 Å². The summed E-state index contributed by atoms with van der Waals surface area (Å²) in [7, 11) is 0. The molecule has 1 saturated carbocycles. The lowest BCUT2D eigenvalue weighted by Crippen LogP contribution is -2.38. The van der Waals surface area contributed by atoms with E-state index in [0.717, 1.165) is 18.4 Å². The van der Waals surface area contributed by atoms with Crippen molar-refractivity contribution in [3.8, 4) is 0 Å². The zero-order valence-corrected chi connectivity index (χ0v) is 11.7. The average molecular weight is 277 g/mol. The maximum atomic E-state index is 11.8. The average Bonchev–Trinajstić information content (AvgIpc) is 2.84. The van der Waals surface area contributed by atoms with Crippen molar-refractivity contribution in [3.05, 3.63) is 35.9 Å². The fraction of sp³-hybridized carbons (Fsp3) is 0.562. The Hall–Kier alpha value is -1.39. The monoisotopic (exact) mass is 277 g/mol. The Morgan fingerprint density at radius 3 is 2.55 bits per heavy atom. The third-order valence-electron chi connectivity index (χ3n) is 3.87. The number of aliphatic hydroxyl groups excluding tert-OH is 1. The van der Waals surface area contributed by atoms with Crippen molar-refractivity contribution in [2.24, 2.45) is 0 Å². The number of nitrogens with one attached hydrogen (secondary N) is 1. The van der Waals surface area contributed by atoms with Gasteiger partial charge in [0, 0.05) is 13.0 Å². The van der Waals surface area contributed by atoms with Crippen molar-refractivity contribution < 1.29 is 15.0 Å². The summed E-state index contributed by atoms with van der Waals surface area (Å²) >= 11 is 0. The molecule has 0 unspecified atom stereocenters. The minimum atomic E-state index is -0.825. The number of hydrogen-bond donors (Lipinski definition) is 3. The number of benzene rings is 1. The highest BCUT2D eigenvalue weighted by atomic mass is 16.3. The van der Waals surface area contributed by atoms with Crippen LogP contribution in [0, 0.1) is 0 Å². The number of hydrogen-bond acceptors (Lipinski definition) is 3. The Balaban J connectivity index is 1.70. The molecule has 0 radical (unpaired) electrons. The summed E-state index contributed by atoms with van der Waals surface area (Å²) in [6.07, 6.45) is 3.44. The first-order valence-electron chi connectivity index (χ1n) is 7.28. The molecule has 110 valence electrons. The van der Waals surface area contributed by atoms with Gasteiger partial charge in [-0.05, 0) is 18.4 Å². The van der Waals surface area contributed by atoms with Gasteiger partial charge in [0.05, 0.1) is 18.1 Å². The molecule has 3 N–H and O–H groups in total. The van der Waals surface area contributed by atoms with Gasteiger partial charge in [0.15, 0.2) is 0 Å². The topological polar surface area (TPSA) is 69.6 Å². The van der Waals surface area contributed by atoms with Crippen LogP contribution in [0.3, 0.4) is 0 Å². The van der Waals surface area contributed by atoms with Crippen molar-refractivity contribution >= 4 is 5.91 Å². The highest BCUT2D eigenvalue weighted by Crippen LogP contribution is 2.32. The molecule has 0 aliphatic heterocycles. The van der Waals surface area contributed by atoms with Crippen LogP contribution in [0.1, 0.15) is 37.7 Å². The van der Waals surface area contributed by atoms with Gasteiger partial charge in [0.1, 0.15) is 0 Å². The van der Waals surface area contributed by atoms with E-state index in [1.54, 1.807) is 0 Å². The maximum Gasteiger partial charge on any atom is 0.222 e. The van der Waals surface area contributed by atoms with Crippen LogP contribution < -0.4 is 5.32 Å². The standard InChI is InChI=1S/C16H23NO3/c18-14(10-13-6-2-1-3-7-13)12-17-15(19)11-16(20)8-4-5-9-16/h1-3,6-7,14,18,20H,4-5,8-12H2,(H,17,19)/t14-/m1/s1. The zero-order valence-electron chi connectivity index (χ0n) is 11.7. The van der Waals surface area contributed by atoms with Gasteiger partial charge in [-0.25, -0.2) is 0 Å². The zero-order chi connectivity index (χ0) is 14.4. The lowest BCUT2D eigenvalue weighted by molar-refractivity contribution is -0.126. The fourth-order valence-corrected chi connectivity index (χ4v) is 2.76. The van der Waals surface area contributed by atoms with Gasteiger partial charge in [-0.15, -0.1) is 0 Å². The third kappa shape index (κ3) is 4.62. The van der Waals surface area contributed by atoms with Gasteiger partial charge >= 0.3 is 0 Å². The van der Waals surface area contributed by atoms with E-state index in [1.165, 1.54) is 0 Å². The molecule has 4 heteroatoms. The molecule has 0 aromatic heterocycles. The summed E-state index contributed by atoms with van der Waals surface area (Å²) < 4.78 is 0. The van der Waals surface area contributed by atoms with Crippen LogP contribution in [0.4, 0.5) is 0 Å². The summed E-state index contributed by atoms with van der Waals surface area (Å²) in [4.78, 5) is 11.8. The molecule has 20 heavy (non-hydrogen) atoms. The molecule has 1 aliphatic carbocycles. The largest absolute Gasteiger partial charge is 0.391 e. The molecule has 1 atom stereocenters. The minimum Gasteiger partial charge on any atom is -0.391 e. The second-order valence-corrected chi connectivity index (χ2v) is 5.76. The maximum absolute atomic E-state index is 11.8. The number of carbonyl (C=O) groups is 1. The smallest absolute Gasteiger partial charge is 0.222 e. The molecule has 0 spiro atoms. The first-order valence-corrected chi connectivity index (χ1v) is 7.28. The minimum absolute atomic E-state index is 0.144. The molecule has 2 rings (SSSR count). The molecule has 1 aliphatic rings. The van der Waals surface area contributed by atoms with Gasteiger partial charge in [-0.3, -0.25) is 4.79 Å². The molecule has 1 amide bonds. The number of carbonyl (C=O) groups excluding carboxylic acids is 1. The van der Waals surface area contributed by atoms with Gasteiger partial charge in [-0.1, -0.05) is 43.2 Å². The van der Waals surface area contributed by atoms with Gasteiger partial charge in [0.25, 0.3) is 0 Å².